The summed E-state index contributed by atoms with van der Waals surface area (Å²) in [6, 6.07) is 17.0. The topological polar surface area (TPSA) is 126 Å². The smallest absolute Gasteiger partial charge is 0.255 e. The third kappa shape index (κ3) is 7.27. The molecule has 294 valence electrons. The molecule has 6 heterocycles. The van der Waals surface area contributed by atoms with Crippen LogP contribution in [0.3, 0.4) is 0 Å². The lowest BCUT2D eigenvalue weighted by Gasteiger charge is -2.32. The van der Waals surface area contributed by atoms with Crippen LogP contribution in [0.15, 0.2) is 65.8 Å². The van der Waals surface area contributed by atoms with Crippen molar-refractivity contribution in [3.05, 3.63) is 121 Å². The number of Topliss-reactive ketones (excluding diaryl/α,β-unsaturated/α-hetero) is 2. The summed E-state index contributed by atoms with van der Waals surface area (Å²) in [5.74, 6) is 8.57. The van der Waals surface area contributed by atoms with Crippen molar-refractivity contribution >= 4 is 51.8 Å². The zero-order valence-electron chi connectivity index (χ0n) is 32.7. The van der Waals surface area contributed by atoms with Crippen LogP contribution in [0, 0.1) is 31.6 Å². The molecule has 2 aromatic carbocycles. The van der Waals surface area contributed by atoms with Crippen LogP contribution in [0.25, 0.3) is 5.00 Å². The van der Waals surface area contributed by atoms with Crippen molar-refractivity contribution in [2.45, 2.75) is 78.0 Å². The number of hydrogen-bond donors (Lipinski definition) is 1. The van der Waals surface area contributed by atoms with Gasteiger partial charge in [-0.05, 0) is 112 Å². The van der Waals surface area contributed by atoms with Crippen LogP contribution >= 0.6 is 22.9 Å². The summed E-state index contributed by atoms with van der Waals surface area (Å²) < 4.78 is 2.11. The van der Waals surface area contributed by atoms with Gasteiger partial charge in [0.15, 0.2) is 11.6 Å². The van der Waals surface area contributed by atoms with E-state index in [-0.39, 0.29) is 29.9 Å². The first kappa shape index (κ1) is 38.1. The number of thiophene rings is 1. The van der Waals surface area contributed by atoms with Crippen LogP contribution in [0.5, 0.6) is 0 Å². The fourth-order valence-electron chi connectivity index (χ4n) is 8.63. The first-order valence-corrected chi connectivity index (χ1v) is 21.1. The molecule has 1 N–H and O–H groups in total. The predicted molar refractivity (Wildman–Crippen MR) is 225 cm³/mol. The van der Waals surface area contributed by atoms with E-state index < -0.39 is 6.04 Å². The van der Waals surface area contributed by atoms with E-state index in [1.54, 1.807) is 16.2 Å². The Morgan fingerprint density at radius 2 is 1.78 bits per heavy atom. The van der Waals surface area contributed by atoms with Gasteiger partial charge in [0.25, 0.3) is 5.91 Å². The first-order valence-electron chi connectivity index (χ1n) is 19.9. The molecule has 0 spiro atoms. The molecule has 1 amide bonds. The van der Waals surface area contributed by atoms with Crippen molar-refractivity contribution in [3.8, 4) is 16.8 Å². The number of hydrogen-bond acceptors (Lipinski definition) is 10. The van der Waals surface area contributed by atoms with Crippen molar-refractivity contribution in [1.29, 1.82) is 0 Å². The first-order chi connectivity index (χ1) is 28.1. The number of halogens is 1. The molecule has 5 aromatic rings. The highest BCUT2D eigenvalue weighted by molar-refractivity contribution is 7.15. The molecule has 3 aromatic heterocycles. The van der Waals surface area contributed by atoms with Crippen LogP contribution in [-0.2, 0) is 22.7 Å². The minimum absolute atomic E-state index is 0.0342. The van der Waals surface area contributed by atoms with Crippen LogP contribution in [0.4, 0.5) is 5.69 Å². The Morgan fingerprint density at radius 3 is 2.53 bits per heavy atom. The number of aryl methyl sites for hydroxylation is 1. The normalized spacial score (nSPS) is 19.6. The molecular formula is C45H43ClN8O3S. The summed E-state index contributed by atoms with van der Waals surface area (Å²) in [5.41, 5.74) is 8.42. The summed E-state index contributed by atoms with van der Waals surface area (Å²) in [6.07, 6.45) is 4.77. The molecule has 1 unspecified atom stereocenters. The number of piperidine rings is 1. The van der Waals surface area contributed by atoms with E-state index in [4.69, 9.17) is 21.6 Å². The Morgan fingerprint density at radius 1 is 0.966 bits per heavy atom. The predicted octanol–water partition coefficient (Wildman–Crippen LogP) is 7.28. The number of likely N-dealkylation sites (tertiary alicyclic amines) is 1. The lowest BCUT2D eigenvalue weighted by molar-refractivity contribution is -0.133. The highest BCUT2D eigenvalue weighted by Crippen LogP contribution is 2.39. The van der Waals surface area contributed by atoms with Crippen molar-refractivity contribution in [1.82, 2.24) is 29.5 Å². The van der Waals surface area contributed by atoms with E-state index in [1.165, 1.54) is 0 Å². The molecule has 13 heteroatoms. The Labute approximate surface area is 346 Å². The van der Waals surface area contributed by atoms with E-state index in [2.05, 4.69) is 49.8 Å². The monoisotopic (exact) mass is 810 g/mol. The average Bonchev–Trinajstić information content (AvgIpc) is 3.85. The van der Waals surface area contributed by atoms with Gasteiger partial charge in [0, 0.05) is 65.2 Å². The molecule has 9 rings (SSSR count). The number of amides is 1. The number of ketones is 2. The molecular weight excluding hydrogens is 768 g/mol. The number of carbonyl (C=O) groups is 3. The number of pyridine rings is 1. The molecule has 4 aliphatic rings. The molecule has 1 aliphatic carbocycles. The second kappa shape index (κ2) is 15.7. The molecule has 58 heavy (non-hydrogen) atoms. The molecule has 1 saturated heterocycles. The zero-order chi connectivity index (χ0) is 40.1. The average molecular weight is 811 g/mol. The quantitative estimate of drug-likeness (QED) is 0.134. The van der Waals surface area contributed by atoms with Crippen molar-refractivity contribution in [2.24, 2.45) is 10.9 Å². The van der Waals surface area contributed by atoms with Gasteiger partial charge in [-0.1, -0.05) is 35.9 Å². The number of rotatable bonds is 7. The SMILES string of the molecule is Cc1c(C#Cc2ccc(CN3CCC(CNc4cccc5c4CN(C4CCC(=O)CC4=O)C5=O)CC3)cn2)sc2c1C(c1ccc(Cl)cc1)=N[C@@H](C)c1nnc(C)n1-2. The van der Waals surface area contributed by atoms with Crippen LogP contribution in [0.2, 0.25) is 5.02 Å². The maximum atomic E-state index is 13.3. The Balaban J connectivity index is 0.822. The molecule has 3 aliphatic heterocycles. The minimum atomic E-state index is -0.509. The number of aromatic nitrogens is 4. The van der Waals surface area contributed by atoms with Crippen LogP contribution in [0.1, 0.15) is 105 Å². The van der Waals surface area contributed by atoms with Crippen molar-refractivity contribution in [2.75, 3.05) is 25.0 Å². The minimum Gasteiger partial charge on any atom is -0.384 e. The lowest BCUT2D eigenvalue weighted by Crippen LogP contribution is -2.44. The summed E-state index contributed by atoms with van der Waals surface area (Å²) in [6.45, 7) is 10.2. The van der Waals surface area contributed by atoms with E-state index >= 15 is 0 Å². The second-order valence-corrected chi connectivity index (χ2v) is 17.2. The van der Waals surface area contributed by atoms with Gasteiger partial charge in [-0.15, -0.1) is 21.5 Å². The molecule has 1 saturated carbocycles. The van der Waals surface area contributed by atoms with E-state index in [0.717, 1.165) is 105 Å². The second-order valence-electron chi connectivity index (χ2n) is 15.7. The standard InChI is InChI=1S/C45H43ClN8O3S/c1-26-40(58-45-41(26)42(31-8-10-32(46)11-9-31)49-27(2)43-51-50-28(3)54(43)45)16-13-33-12-7-30(23-47-33)24-52-19-17-29(18-20-52)22-48-37-6-4-5-35-36(37)25-53(44(35)57)38-15-14-34(55)21-39(38)56/h4-12,23,27,29,38,48H,14-15,17-22,24-25H2,1-3H3/t27-,38?/m0/s1. The molecule has 2 fully saturated rings. The summed E-state index contributed by atoms with van der Waals surface area (Å²) in [7, 11) is 0. The maximum absolute atomic E-state index is 13.3. The number of nitrogens with one attached hydrogen (secondary N) is 1. The van der Waals surface area contributed by atoms with Gasteiger partial charge in [0.05, 0.1) is 23.1 Å². The van der Waals surface area contributed by atoms with Crippen molar-refractivity contribution in [3.63, 3.8) is 0 Å². The van der Waals surface area contributed by atoms with Gasteiger partial charge in [-0.3, -0.25) is 28.8 Å². The van der Waals surface area contributed by atoms with Gasteiger partial charge < -0.3 is 10.2 Å². The number of fused-ring (bicyclic) bond motifs is 4. The summed E-state index contributed by atoms with van der Waals surface area (Å²) in [5, 5.41) is 14.2. The number of nitrogens with zero attached hydrogens (tertiary/aromatic N) is 7. The van der Waals surface area contributed by atoms with Crippen LogP contribution in [-0.4, -0.2) is 78.4 Å². The van der Waals surface area contributed by atoms with Crippen LogP contribution < -0.4 is 5.32 Å². The third-order valence-corrected chi connectivity index (χ3v) is 13.3. The zero-order valence-corrected chi connectivity index (χ0v) is 34.3. The fourth-order valence-corrected chi connectivity index (χ4v) is 9.98. The van der Waals surface area contributed by atoms with Gasteiger partial charge in [0.1, 0.15) is 28.3 Å². The highest BCUT2D eigenvalue weighted by atomic mass is 35.5. The molecule has 0 radical (unpaired) electrons. The Bertz CT molecular complexity index is 2540. The summed E-state index contributed by atoms with van der Waals surface area (Å²) in [4.78, 5) is 52.6. The number of aliphatic imine (C=N–C) groups is 1. The maximum Gasteiger partial charge on any atom is 0.255 e. The number of anilines is 1. The summed E-state index contributed by atoms with van der Waals surface area (Å²) >= 11 is 7.87. The number of benzene rings is 2. The largest absolute Gasteiger partial charge is 0.384 e. The van der Waals surface area contributed by atoms with Gasteiger partial charge in [-0.25, -0.2) is 4.98 Å². The third-order valence-electron chi connectivity index (χ3n) is 11.9. The molecule has 11 nitrogen and oxygen atoms in total. The number of carbonyl (C=O) groups excluding carboxylic acids is 3. The van der Waals surface area contributed by atoms with Gasteiger partial charge in [-0.2, -0.15) is 0 Å². The Kier molecular flexibility index (Phi) is 10.3. The van der Waals surface area contributed by atoms with E-state index in [9.17, 15) is 14.4 Å². The van der Waals surface area contributed by atoms with Crippen molar-refractivity contribution < 1.29 is 14.4 Å². The van der Waals surface area contributed by atoms with Gasteiger partial charge >= 0.3 is 0 Å². The van der Waals surface area contributed by atoms with Gasteiger partial charge in [0.2, 0.25) is 0 Å². The van der Waals surface area contributed by atoms with E-state index in [1.807, 2.05) is 68.6 Å². The fraction of sp³-hybridized carbons (Fsp3) is 0.356. The lowest BCUT2D eigenvalue weighted by atomic mass is 9.92. The van der Waals surface area contributed by atoms with E-state index in [0.29, 0.717) is 35.9 Å². The Hall–Kier alpha value is -5.48. The molecule has 2 atom stereocenters. The molecule has 0 bridgehead atoms. The highest BCUT2D eigenvalue weighted by Gasteiger charge is 2.40.